The first-order valence-corrected chi connectivity index (χ1v) is 11.6. The van der Waals surface area contributed by atoms with E-state index < -0.39 is 0 Å². The first-order chi connectivity index (χ1) is 15.7. The van der Waals surface area contributed by atoms with Crippen molar-refractivity contribution < 1.29 is 14.4 Å². The van der Waals surface area contributed by atoms with E-state index in [9.17, 15) is 4.79 Å². The number of quaternary nitrogens is 1. The van der Waals surface area contributed by atoms with Crippen LogP contribution in [0.25, 0.3) is 0 Å². The largest absolute Gasteiger partial charge is 0.496 e. The van der Waals surface area contributed by atoms with E-state index in [1.165, 1.54) is 43.5 Å². The summed E-state index contributed by atoms with van der Waals surface area (Å²) in [5, 5.41) is 2.99. The van der Waals surface area contributed by atoms with E-state index >= 15 is 0 Å². The van der Waals surface area contributed by atoms with Crippen molar-refractivity contribution in [1.82, 2.24) is 5.32 Å². The molecule has 3 aromatic carbocycles. The lowest BCUT2D eigenvalue weighted by Crippen LogP contribution is -3.11. The van der Waals surface area contributed by atoms with Crippen molar-refractivity contribution in [3.63, 3.8) is 0 Å². The van der Waals surface area contributed by atoms with E-state index in [1.54, 1.807) is 12.0 Å². The van der Waals surface area contributed by atoms with E-state index in [1.807, 2.05) is 36.4 Å². The molecule has 3 aromatic rings. The van der Waals surface area contributed by atoms with Crippen LogP contribution >= 0.6 is 0 Å². The van der Waals surface area contributed by atoms with Crippen LogP contribution in [0.2, 0.25) is 0 Å². The standard InChI is InChI=1S/C28H32N2O2/c1-32-27-10-6-5-9-26(27)20-29-28(31)25-13-11-24(12-14-25)21-30-17-15-23(16-18-30)19-22-7-3-2-4-8-22/h2-14,23H,15-21H2,1H3,(H,29,31)/p+1. The molecule has 4 heteroatoms. The first-order valence-electron chi connectivity index (χ1n) is 11.6. The van der Waals surface area contributed by atoms with E-state index in [0.29, 0.717) is 12.1 Å². The number of piperidine rings is 1. The van der Waals surface area contributed by atoms with Gasteiger partial charge in [-0.05, 0) is 48.9 Å². The highest BCUT2D eigenvalue weighted by Crippen LogP contribution is 2.18. The number of carbonyl (C=O) groups excluding carboxylic acids is 1. The van der Waals surface area contributed by atoms with Gasteiger partial charge in [0, 0.05) is 23.2 Å². The molecular weight excluding hydrogens is 396 g/mol. The summed E-state index contributed by atoms with van der Waals surface area (Å²) in [5.41, 5.74) is 4.42. The molecule has 32 heavy (non-hydrogen) atoms. The third kappa shape index (κ3) is 5.98. The van der Waals surface area contributed by atoms with Gasteiger partial charge in [0.2, 0.25) is 0 Å². The van der Waals surface area contributed by atoms with Crippen molar-refractivity contribution >= 4 is 5.91 Å². The number of methoxy groups -OCH3 is 1. The molecule has 0 bridgehead atoms. The second-order valence-corrected chi connectivity index (χ2v) is 8.75. The molecule has 4 nitrogen and oxygen atoms in total. The Balaban J connectivity index is 1.24. The molecule has 0 atom stereocenters. The zero-order valence-electron chi connectivity index (χ0n) is 18.8. The third-order valence-corrected chi connectivity index (χ3v) is 6.48. The summed E-state index contributed by atoms with van der Waals surface area (Å²) in [4.78, 5) is 14.2. The number of benzene rings is 3. The second-order valence-electron chi connectivity index (χ2n) is 8.75. The SMILES string of the molecule is COc1ccccc1CNC(=O)c1ccc(C[NH+]2CCC(Cc3ccccc3)CC2)cc1. The van der Waals surface area contributed by atoms with Crippen LogP contribution in [0, 0.1) is 5.92 Å². The van der Waals surface area contributed by atoms with E-state index in [-0.39, 0.29) is 5.91 Å². The molecule has 0 aliphatic carbocycles. The minimum Gasteiger partial charge on any atom is -0.496 e. The molecule has 2 N–H and O–H groups in total. The van der Waals surface area contributed by atoms with Crippen LogP contribution in [0.4, 0.5) is 0 Å². The molecule has 0 aromatic heterocycles. The van der Waals surface area contributed by atoms with Gasteiger partial charge in [-0.3, -0.25) is 4.79 Å². The summed E-state index contributed by atoms with van der Waals surface area (Å²) in [6.45, 7) is 3.92. The van der Waals surface area contributed by atoms with E-state index in [2.05, 4.69) is 47.8 Å². The Bertz CT molecular complexity index is 993. The van der Waals surface area contributed by atoms with Crippen LogP contribution in [0.1, 0.15) is 39.9 Å². The van der Waals surface area contributed by atoms with Gasteiger partial charge in [0.15, 0.2) is 0 Å². The fraction of sp³-hybridized carbons (Fsp3) is 0.321. The molecule has 0 saturated carbocycles. The lowest BCUT2D eigenvalue weighted by atomic mass is 9.90. The molecule has 0 unspecified atom stereocenters. The monoisotopic (exact) mass is 429 g/mol. The average molecular weight is 430 g/mol. The lowest BCUT2D eigenvalue weighted by molar-refractivity contribution is -0.919. The van der Waals surface area contributed by atoms with Crippen LogP contribution < -0.4 is 15.0 Å². The maximum Gasteiger partial charge on any atom is 0.251 e. The number of carbonyl (C=O) groups is 1. The van der Waals surface area contributed by atoms with E-state index in [0.717, 1.165) is 23.8 Å². The molecule has 166 valence electrons. The number of rotatable bonds is 8. The van der Waals surface area contributed by atoms with Crippen molar-refractivity contribution in [2.45, 2.75) is 32.4 Å². The molecule has 1 aliphatic heterocycles. The Hall–Kier alpha value is -3.11. The smallest absolute Gasteiger partial charge is 0.251 e. The number of nitrogens with one attached hydrogen (secondary N) is 2. The molecule has 1 aliphatic rings. The number of hydrogen-bond donors (Lipinski definition) is 2. The first kappa shape index (κ1) is 22.1. The molecule has 1 amide bonds. The summed E-state index contributed by atoms with van der Waals surface area (Å²) in [7, 11) is 1.65. The highest BCUT2D eigenvalue weighted by atomic mass is 16.5. The Morgan fingerprint density at radius 1 is 0.906 bits per heavy atom. The number of likely N-dealkylation sites (tertiary alicyclic amines) is 1. The van der Waals surface area contributed by atoms with Crippen LogP contribution in [-0.2, 0) is 19.5 Å². The quantitative estimate of drug-likeness (QED) is 0.574. The molecule has 4 rings (SSSR count). The summed E-state index contributed by atoms with van der Waals surface area (Å²) in [6, 6.07) is 26.7. The van der Waals surface area contributed by atoms with Gasteiger partial charge in [0.05, 0.1) is 20.2 Å². The van der Waals surface area contributed by atoms with Gasteiger partial charge in [-0.25, -0.2) is 0 Å². The summed E-state index contributed by atoms with van der Waals surface area (Å²) in [6.07, 6.45) is 3.77. The molecule has 0 spiro atoms. The van der Waals surface area contributed by atoms with Crippen molar-refractivity contribution in [1.29, 1.82) is 0 Å². The van der Waals surface area contributed by atoms with Crippen molar-refractivity contribution in [2.24, 2.45) is 5.92 Å². The van der Waals surface area contributed by atoms with Crippen LogP contribution in [0.15, 0.2) is 78.9 Å². The third-order valence-electron chi connectivity index (χ3n) is 6.48. The number of hydrogen-bond acceptors (Lipinski definition) is 2. The lowest BCUT2D eigenvalue weighted by Gasteiger charge is -2.29. The topological polar surface area (TPSA) is 42.8 Å². The number of ether oxygens (including phenoxy) is 1. The van der Waals surface area contributed by atoms with Gasteiger partial charge in [-0.15, -0.1) is 0 Å². The highest BCUT2D eigenvalue weighted by Gasteiger charge is 2.22. The van der Waals surface area contributed by atoms with Crippen LogP contribution in [-0.4, -0.2) is 26.1 Å². The zero-order valence-corrected chi connectivity index (χ0v) is 18.8. The van der Waals surface area contributed by atoms with Crippen LogP contribution in [0.3, 0.4) is 0 Å². The minimum atomic E-state index is -0.0588. The van der Waals surface area contributed by atoms with Gasteiger partial charge < -0.3 is 15.0 Å². The van der Waals surface area contributed by atoms with E-state index in [4.69, 9.17) is 4.74 Å². The Kier molecular flexibility index (Phi) is 7.57. The maximum atomic E-state index is 12.5. The predicted octanol–water partition coefficient (Wildman–Crippen LogP) is 3.66. The normalized spacial score (nSPS) is 18.2. The fourth-order valence-corrected chi connectivity index (χ4v) is 4.60. The Morgan fingerprint density at radius 3 is 2.31 bits per heavy atom. The Labute approximate surface area is 191 Å². The average Bonchev–Trinajstić information content (AvgIpc) is 2.85. The van der Waals surface area contributed by atoms with Crippen LogP contribution in [0.5, 0.6) is 5.75 Å². The highest BCUT2D eigenvalue weighted by molar-refractivity contribution is 5.94. The van der Waals surface area contributed by atoms with Crippen molar-refractivity contribution in [3.05, 3.63) is 101 Å². The predicted molar refractivity (Wildman–Crippen MR) is 128 cm³/mol. The van der Waals surface area contributed by atoms with Gasteiger partial charge in [0.1, 0.15) is 12.3 Å². The molecule has 1 fully saturated rings. The second kappa shape index (κ2) is 11.0. The van der Waals surface area contributed by atoms with Gasteiger partial charge >= 0.3 is 0 Å². The van der Waals surface area contributed by atoms with Gasteiger partial charge in [0.25, 0.3) is 5.91 Å². The van der Waals surface area contributed by atoms with Crippen molar-refractivity contribution in [2.75, 3.05) is 20.2 Å². The molecule has 1 saturated heterocycles. The van der Waals surface area contributed by atoms with Gasteiger partial charge in [-0.2, -0.15) is 0 Å². The minimum absolute atomic E-state index is 0.0588. The summed E-state index contributed by atoms with van der Waals surface area (Å²) in [5.74, 6) is 1.53. The summed E-state index contributed by atoms with van der Waals surface area (Å²) >= 11 is 0. The Morgan fingerprint density at radius 2 is 1.59 bits per heavy atom. The molecule has 1 heterocycles. The van der Waals surface area contributed by atoms with Gasteiger partial charge in [-0.1, -0.05) is 60.7 Å². The summed E-state index contributed by atoms with van der Waals surface area (Å²) < 4.78 is 5.35. The number of amides is 1. The maximum absolute atomic E-state index is 12.5. The number of para-hydroxylation sites is 1. The van der Waals surface area contributed by atoms with Crippen molar-refractivity contribution in [3.8, 4) is 5.75 Å². The zero-order chi connectivity index (χ0) is 22.2. The molecule has 0 radical (unpaired) electrons. The fourth-order valence-electron chi connectivity index (χ4n) is 4.60. The molecular formula is C28H33N2O2+.